The Hall–Kier alpha value is -3.61. The number of carbonyl (C=O) groups excluding carboxylic acids is 1. The molecule has 0 spiro atoms. The molecule has 1 aliphatic heterocycles. The average molecular weight is 512 g/mol. The summed E-state index contributed by atoms with van der Waals surface area (Å²) in [5.74, 6) is -0.0928. The number of hydrogen-bond donors (Lipinski definition) is 3. The van der Waals surface area contributed by atoms with E-state index >= 15 is 0 Å². The van der Waals surface area contributed by atoms with Crippen molar-refractivity contribution in [2.75, 3.05) is 0 Å². The van der Waals surface area contributed by atoms with Crippen molar-refractivity contribution < 1.29 is 21.6 Å². The van der Waals surface area contributed by atoms with Gasteiger partial charge in [0.25, 0.3) is 0 Å². The molecule has 0 bridgehead atoms. The van der Waals surface area contributed by atoms with E-state index in [1.807, 2.05) is 29.0 Å². The van der Waals surface area contributed by atoms with Gasteiger partial charge in [0.05, 0.1) is 23.5 Å². The van der Waals surface area contributed by atoms with Crippen molar-refractivity contribution in [1.29, 1.82) is 0 Å². The summed E-state index contributed by atoms with van der Waals surface area (Å²) in [7, 11) is -7.66. The quantitative estimate of drug-likeness (QED) is 0.344. The van der Waals surface area contributed by atoms with E-state index in [9.17, 15) is 21.6 Å². The number of fused-ring (bicyclic) bond motifs is 1. The van der Waals surface area contributed by atoms with Crippen LogP contribution >= 0.6 is 0 Å². The molecule has 0 radical (unpaired) electrons. The van der Waals surface area contributed by atoms with E-state index in [4.69, 9.17) is 0 Å². The first-order valence-corrected chi connectivity index (χ1v) is 13.7. The van der Waals surface area contributed by atoms with Gasteiger partial charge in [-0.05, 0) is 41.8 Å². The molecule has 2 aromatic heterocycles. The van der Waals surface area contributed by atoms with Crippen molar-refractivity contribution in [3.8, 4) is 0 Å². The number of nitrogens with zero attached hydrogens (tertiary/aromatic N) is 2. The van der Waals surface area contributed by atoms with Gasteiger partial charge in [-0.25, -0.2) is 26.5 Å². The Kier molecular flexibility index (Phi) is 5.87. The molecule has 12 heteroatoms. The zero-order valence-electron chi connectivity index (χ0n) is 18.2. The molecule has 1 unspecified atom stereocenters. The summed E-state index contributed by atoms with van der Waals surface area (Å²) in [4.78, 5) is 23.2. The lowest BCUT2D eigenvalue weighted by Crippen LogP contribution is -2.31. The number of hydrogen-bond acceptors (Lipinski definition) is 7. The smallest absolute Gasteiger partial charge is 0.242 e. The van der Waals surface area contributed by atoms with Crippen LogP contribution in [0.15, 0.2) is 78.0 Å². The number of aromatic amines is 1. The molecular weight excluding hydrogens is 490 g/mol. The number of benzene rings is 2. The fourth-order valence-electron chi connectivity index (χ4n) is 4.04. The molecule has 3 N–H and O–H groups in total. The highest BCUT2D eigenvalue weighted by Gasteiger charge is 2.37. The minimum atomic E-state index is -3.91. The minimum absolute atomic E-state index is 0.0278. The van der Waals surface area contributed by atoms with Gasteiger partial charge >= 0.3 is 0 Å². The van der Waals surface area contributed by atoms with Crippen molar-refractivity contribution in [1.82, 2.24) is 24.4 Å². The van der Waals surface area contributed by atoms with Crippen molar-refractivity contribution in [2.24, 2.45) is 0 Å². The number of rotatable bonds is 7. The standard InChI is InChI=1S/C23H21N5O5S2/c29-22-13-21(35(32,33)28-22)16-9-7-15(8-10-16)12-20(23-25-18-5-1-2-6-19(18)26-23)27-34(30,31)17-4-3-11-24-14-17/h1-11,14,20-21,27H,12-13H2,(H,25,26)(H,28,29)/t20-,21?/m0/s1. The molecule has 1 amide bonds. The highest BCUT2D eigenvalue weighted by Crippen LogP contribution is 2.31. The van der Waals surface area contributed by atoms with Crippen LogP contribution in [-0.2, 0) is 31.3 Å². The third kappa shape index (κ3) is 4.81. The molecule has 2 aromatic carbocycles. The Labute approximate surface area is 201 Å². The van der Waals surface area contributed by atoms with Crippen molar-refractivity contribution in [3.63, 3.8) is 0 Å². The molecule has 5 rings (SSSR count). The van der Waals surface area contributed by atoms with E-state index in [0.29, 0.717) is 16.9 Å². The van der Waals surface area contributed by atoms with Gasteiger partial charge < -0.3 is 4.98 Å². The van der Waals surface area contributed by atoms with Gasteiger partial charge in [0.2, 0.25) is 26.0 Å². The zero-order chi connectivity index (χ0) is 24.6. The van der Waals surface area contributed by atoms with Crippen LogP contribution < -0.4 is 9.44 Å². The summed E-state index contributed by atoms with van der Waals surface area (Å²) >= 11 is 0. The first-order chi connectivity index (χ1) is 16.7. The maximum absolute atomic E-state index is 13.1. The van der Waals surface area contributed by atoms with E-state index in [1.165, 1.54) is 18.5 Å². The van der Waals surface area contributed by atoms with Crippen LogP contribution in [0.5, 0.6) is 0 Å². The summed E-state index contributed by atoms with van der Waals surface area (Å²) in [5, 5.41) is -0.945. The second-order valence-electron chi connectivity index (χ2n) is 8.21. The third-order valence-corrected chi connectivity index (χ3v) is 8.93. The number of aromatic nitrogens is 3. The van der Waals surface area contributed by atoms with Crippen LogP contribution in [0.2, 0.25) is 0 Å². The largest absolute Gasteiger partial charge is 0.341 e. The molecule has 1 fully saturated rings. The number of imidazole rings is 1. The third-order valence-electron chi connectivity index (χ3n) is 5.77. The molecule has 10 nitrogen and oxygen atoms in total. The van der Waals surface area contributed by atoms with E-state index < -0.39 is 37.2 Å². The van der Waals surface area contributed by atoms with E-state index in [0.717, 1.165) is 11.1 Å². The van der Waals surface area contributed by atoms with E-state index in [-0.39, 0.29) is 17.7 Å². The SMILES string of the molecule is O=C1CC(c2ccc(C[C@H](NS(=O)(=O)c3cccnc3)c3nc4ccccc4[nH]3)cc2)S(=O)(=O)N1. The summed E-state index contributed by atoms with van der Waals surface area (Å²) in [6.07, 6.45) is 2.87. The molecule has 4 aromatic rings. The van der Waals surface area contributed by atoms with Gasteiger partial charge in [-0.15, -0.1) is 0 Å². The maximum Gasteiger partial charge on any atom is 0.242 e. The highest BCUT2D eigenvalue weighted by molar-refractivity contribution is 7.90. The van der Waals surface area contributed by atoms with Gasteiger partial charge in [0, 0.05) is 12.4 Å². The Bertz CT molecular complexity index is 1570. The number of carbonyl (C=O) groups is 1. The molecule has 0 aliphatic carbocycles. The van der Waals surface area contributed by atoms with Crippen molar-refractivity contribution >= 4 is 37.0 Å². The molecule has 1 aliphatic rings. The van der Waals surface area contributed by atoms with Gasteiger partial charge in [0.1, 0.15) is 16.0 Å². The molecule has 2 atom stereocenters. The topological polar surface area (TPSA) is 151 Å². The molecule has 1 saturated heterocycles. The van der Waals surface area contributed by atoms with E-state index in [2.05, 4.69) is 19.7 Å². The number of nitrogens with one attached hydrogen (secondary N) is 3. The summed E-state index contributed by atoms with van der Waals surface area (Å²) in [6, 6.07) is 16.4. The van der Waals surface area contributed by atoms with Crippen LogP contribution in [0.3, 0.4) is 0 Å². The van der Waals surface area contributed by atoms with Crippen LogP contribution in [0, 0.1) is 0 Å². The summed E-state index contributed by atoms with van der Waals surface area (Å²) in [6.45, 7) is 0. The number of H-pyrrole nitrogens is 1. The van der Waals surface area contributed by atoms with Gasteiger partial charge in [-0.1, -0.05) is 36.4 Å². The fraction of sp³-hybridized carbons (Fsp3) is 0.174. The lowest BCUT2D eigenvalue weighted by Gasteiger charge is -2.17. The molecule has 3 heterocycles. The highest BCUT2D eigenvalue weighted by atomic mass is 32.2. The van der Waals surface area contributed by atoms with E-state index in [1.54, 1.807) is 30.3 Å². The molecule has 0 saturated carbocycles. The first-order valence-electron chi connectivity index (χ1n) is 10.7. The van der Waals surface area contributed by atoms with Crippen LogP contribution in [0.25, 0.3) is 11.0 Å². The predicted molar refractivity (Wildman–Crippen MR) is 128 cm³/mol. The molecular formula is C23H21N5O5S2. The fourth-order valence-corrected chi connectivity index (χ4v) is 6.64. The maximum atomic E-state index is 13.1. The second-order valence-corrected chi connectivity index (χ2v) is 11.8. The molecule has 180 valence electrons. The van der Waals surface area contributed by atoms with Gasteiger partial charge in [0.15, 0.2) is 0 Å². The lowest BCUT2D eigenvalue weighted by molar-refractivity contribution is -0.118. The predicted octanol–water partition coefficient (Wildman–Crippen LogP) is 2.11. The van der Waals surface area contributed by atoms with Crippen LogP contribution in [0.4, 0.5) is 0 Å². The average Bonchev–Trinajstić information content (AvgIpc) is 3.39. The summed E-state index contributed by atoms with van der Waals surface area (Å²) in [5.41, 5.74) is 2.71. The van der Waals surface area contributed by atoms with Gasteiger partial charge in [-0.3, -0.25) is 14.5 Å². The number of para-hydroxylation sites is 2. The Morgan fingerprint density at radius 3 is 2.49 bits per heavy atom. The monoisotopic (exact) mass is 511 g/mol. The Balaban J connectivity index is 1.46. The van der Waals surface area contributed by atoms with Crippen molar-refractivity contribution in [2.45, 2.75) is 29.0 Å². The normalized spacial score (nSPS) is 18.4. The zero-order valence-corrected chi connectivity index (χ0v) is 19.9. The van der Waals surface area contributed by atoms with Crippen molar-refractivity contribution in [3.05, 3.63) is 90.0 Å². The number of pyridine rings is 1. The lowest BCUT2D eigenvalue weighted by atomic mass is 10.0. The minimum Gasteiger partial charge on any atom is -0.341 e. The number of amides is 1. The van der Waals surface area contributed by atoms with Gasteiger partial charge in [-0.2, -0.15) is 0 Å². The van der Waals surface area contributed by atoms with Crippen LogP contribution in [-0.4, -0.2) is 37.7 Å². The number of sulfonamides is 2. The first kappa shape index (κ1) is 23.1. The molecule has 35 heavy (non-hydrogen) atoms. The Morgan fingerprint density at radius 2 is 1.83 bits per heavy atom. The summed E-state index contributed by atoms with van der Waals surface area (Å²) < 4.78 is 55.2. The second kappa shape index (κ2) is 8.87. The van der Waals surface area contributed by atoms with Crippen LogP contribution in [0.1, 0.15) is 34.7 Å². The Morgan fingerprint density at radius 1 is 1.06 bits per heavy atom.